The molecule has 0 bridgehead atoms. The van der Waals surface area contributed by atoms with Crippen LogP contribution in [0, 0.1) is 11.2 Å². The Balaban J connectivity index is 2.53. The lowest BCUT2D eigenvalue weighted by Crippen LogP contribution is -2.37. The molecule has 0 fully saturated rings. The van der Waals surface area contributed by atoms with Gasteiger partial charge >= 0.3 is 0 Å². The molecule has 0 saturated heterocycles. The Morgan fingerprint density at radius 1 is 1.39 bits per heavy atom. The van der Waals surface area contributed by atoms with E-state index in [-0.39, 0.29) is 11.2 Å². The first-order valence-electron chi connectivity index (χ1n) is 6.11. The van der Waals surface area contributed by atoms with Crippen LogP contribution >= 0.6 is 15.9 Å². The normalized spacial score (nSPS) is 11.9. The van der Waals surface area contributed by atoms with Gasteiger partial charge in [0.2, 0.25) is 0 Å². The third-order valence-electron chi connectivity index (χ3n) is 2.50. The van der Waals surface area contributed by atoms with Crippen LogP contribution in [0.3, 0.4) is 0 Å². The Morgan fingerprint density at radius 2 is 2.06 bits per heavy atom. The average Bonchev–Trinajstić information content (AvgIpc) is 2.25. The Hall–Kier alpha value is -0.610. The van der Waals surface area contributed by atoms with Gasteiger partial charge in [0, 0.05) is 22.5 Å². The summed E-state index contributed by atoms with van der Waals surface area (Å²) in [4.78, 5) is 0. The predicted molar refractivity (Wildman–Crippen MR) is 76.5 cm³/mol. The molecule has 1 aromatic carbocycles. The Kier molecular flexibility index (Phi) is 5.60. The van der Waals surface area contributed by atoms with Gasteiger partial charge in [0.15, 0.2) is 11.6 Å². The van der Waals surface area contributed by atoms with Crippen molar-refractivity contribution >= 4 is 15.9 Å². The van der Waals surface area contributed by atoms with E-state index in [1.54, 1.807) is 12.1 Å². The summed E-state index contributed by atoms with van der Waals surface area (Å²) in [5.41, 5.74) is -0.0379. The van der Waals surface area contributed by atoms with Crippen molar-refractivity contribution < 1.29 is 9.13 Å². The van der Waals surface area contributed by atoms with Crippen molar-refractivity contribution in [1.29, 1.82) is 0 Å². The third-order valence-corrected chi connectivity index (χ3v) is 2.99. The van der Waals surface area contributed by atoms with Gasteiger partial charge < -0.3 is 10.1 Å². The van der Waals surface area contributed by atoms with Gasteiger partial charge in [-0.3, -0.25) is 0 Å². The van der Waals surface area contributed by atoms with Crippen LogP contribution in [-0.4, -0.2) is 19.2 Å². The fraction of sp³-hybridized carbons (Fsp3) is 0.571. The Morgan fingerprint density at radius 3 is 2.61 bits per heavy atom. The van der Waals surface area contributed by atoms with Crippen LogP contribution in [-0.2, 0) is 0 Å². The van der Waals surface area contributed by atoms with Crippen LogP contribution in [0.4, 0.5) is 4.39 Å². The Labute approximate surface area is 117 Å². The van der Waals surface area contributed by atoms with Crippen molar-refractivity contribution in [2.45, 2.75) is 33.7 Å². The van der Waals surface area contributed by atoms with E-state index in [2.05, 4.69) is 48.9 Å². The van der Waals surface area contributed by atoms with Crippen molar-refractivity contribution in [1.82, 2.24) is 5.32 Å². The zero-order chi connectivity index (χ0) is 13.8. The molecule has 0 aliphatic heterocycles. The van der Waals surface area contributed by atoms with E-state index in [0.717, 1.165) is 6.54 Å². The van der Waals surface area contributed by atoms with Gasteiger partial charge in [0.1, 0.15) is 0 Å². The zero-order valence-electron chi connectivity index (χ0n) is 11.4. The fourth-order valence-electron chi connectivity index (χ4n) is 1.40. The standard InChI is InChI=1S/C14H21BrFNO/c1-10(2)17-8-14(3,4)9-18-13-6-5-11(15)7-12(13)16/h5-7,10,17H,8-9H2,1-4H3. The number of halogens is 2. The first kappa shape index (κ1) is 15.4. The molecule has 1 N–H and O–H groups in total. The number of rotatable bonds is 6. The summed E-state index contributed by atoms with van der Waals surface area (Å²) in [6.07, 6.45) is 0. The molecule has 0 aliphatic rings. The van der Waals surface area contributed by atoms with E-state index in [9.17, 15) is 4.39 Å². The minimum atomic E-state index is -0.336. The summed E-state index contributed by atoms with van der Waals surface area (Å²) in [5, 5.41) is 3.36. The van der Waals surface area contributed by atoms with Crippen LogP contribution < -0.4 is 10.1 Å². The van der Waals surface area contributed by atoms with Crippen molar-refractivity contribution in [2.24, 2.45) is 5.41 Å². The molecule has 4 heteroatoms. The molecule has 18 heavy (non-hydrogen) atoms. The highest BCUT2D eigenvalue weighted by atomic mass is 79.9. The van der Waals surface area contributed by atoms with Crippen molar-refractivity contribution in [3.05, 3.63) is 28.5 Å². The summed E-state index contributed by atoms with van der Waals surface area (Å²) in [6, 6.07) is 5.27. The molecular formula is C14H21BrFNO. The fourth-order valence-corrected chi connectivity index (χ4v) is 1.73. The summed E-state index contributed by atoms with van der Waals surface area (Å²) in [6.45, 7) is 9.71. The number of hydrogen-bond acceptors (Lipinski definition) is 2. The summed E-state index contributed by atoms with van der Waals surface area (Å²) in [5.74, 6) is -0.0344. The molecule has 2 nitrogen and oxygen atoms in total. The molecule has 0 amide bonds. The molecule has 0 unspecified atom stereocenters. The minimum Gasteiger partial charge on any atom is -0.490 e. The monoisotopic (exact) mass is 317 g/mol. The van der Waals surface area contributed by atoms with E-state index in [4.69, 9.17) is 4.74 Å². The van der Waals surface area contributed by atoms with Crippen LogP contribution in [0.15, 0.2) is 22.7 Å². The third kappa shape index (κ3) is 5.36. The largest absolute Gasteiger partial charge is 0.490 e. The smallest absolute Gasteiger partial charge is 0.166 e. The van der Waals surface area contributed by atoms with Gasteiger partial charge in [0.05, 0.1) is 6.61 Å². The molecule has 0 radical (unpaired) electrons. The summed E-state index contributed by atoms with van der Waals surface area (Å²) < 4.78 is 19.8. The number of nitrogens with one attached hydrogen (secondary N) is 1. The van der Waals surface area contributed by atoms with E-state index < -0.39 is 0 Å². The van der Waals surface area contributed by atoms with E-state index >= 15 is 0 Å². The second-order valence-electron chi connectivity index (χ2n) is 5.56. The molecule has 0 aromatic heterocycles. The van der Waals surface area contributed by atoms with Crippen LogP contribution in [0.25, 0.3) is 0 Å². The van der Waals surface area contributed by atoms with Gasteiger partial charge in [-0.25, -0.2) is 4.39 Å². The van der Waals surface area contributed by atoms with Gasteiger partial charge in [0.25, 0.3) is 0 Å². The lowest BCUT2D eigenvalue weighted by Gasteiger charge is -2.26. The maximum atomic E-state index is 13.6. The second kappa shape index (κ2) is 6.53. The van der Waals surface area contributed by atoms with Crippen molar-refractivity contribution in [3.8, 4) is 5.75 Å². The maximum Gasteiger partial charge on any atom is 0.166 e. The molecular weight excluding hydrogens is 297 g/mol. The van der Waals surface area contributed by atoms with Gasteiger partial charge in [-0.05, 0) is 18.2 Å². The number of benzene rings is 1. The highest BCUT2D eigenvalue weighted by molar-refractivity contribution is 9.10. The second-order valence-corrected chi connectivity index (χ2v) is 6.48. The molecule has 1 aromatic rings. The molecule has 0 heterocycles. The average molecular weight is 318 g/mol. The quantitative estimate of drug-likeness (QED) is 0.856. The van der Waals surface area contributed by atoms with E-state index in [0.29, 0.717) is 22.9 Å². The number of hydrogen-bond donors (Lipinski definition) is 1. The van der Waals surface area contributed by atoms with Crippen molar-refractivity contribution in [3.63, 3.8) is 0 Å². The van der Waals surface area contributed by atoms with Crippen LogP contribution in [0.5, 0.6) is 5.75 Å². The summed E-state index contributed by atoms with van der Waals surface area (Å²) >= 11 is 3.22. The lowest BCUT2D eigenvalue weighted by atomic mass is 9.94. The van der Waals surface area contributed by atoms with Gasteiger partial charge in [-0.2, -0.15) is 0 Å². The topological polar surface area (TPSA) is 21.3 Å². The molecule has 0 spiro atoms. The van der Waals surface area contributed by atoms with Gasteiger partial charge in [-0.15, -0.1) is 0 Å². The molecule has 1 rings (SSSR count). The maximum absolute atomic E-state index is 13.6. The zero-order valence-corrected chi connectivity index (χ0v) is 13.0. The van der Waals surface area contributed by atoms with E-state index in [1.807, 2.05) is 0 Å². The lowest BCUT2D eigenvalue weighted by molar-refractivity contribution is 0.168. The first-order chi connectivity index (χ1) is 8.30. The Bertz CT molecular complexity index is 393. The highest BCUT2D eigenvalue weighted by Crippen LogP contribution is 2.24. The highest BCUT2D eigenvalue weighted by Gasteiger charge is 2.19. The van der Waals surface area contributed by atoms with Crippen LogP contribution in [0.2, 0.25) is 0 Å². The van der Waals surface area contributed by atoms with Crippen molar-refractivity contribution in [2.75, 3.05) is 13.2 Å². The number of ether oxygens (including phenoxy) is 1. The van der Waals surface area contributed by atoms with E-state index in [1.165, 1.54) is 6.07 Å². The predicted octanol–water partition coefficient (Wildman–Crippen LogP) is 3.99. The molecule has 0 atom stereocenters. The summed E-state index contributed by atoms with van der Waals surface area (Å²) in [7, 11) is 0. The van der Waals surface area contributed by atoms with Gasteiger partial charge in [-0.1, -0.05) is 43.6 Å². The SMILES string of the molecule is CC(C)NCC(C)(C)COc1ccc(Br)cc1F. The molecule has 0 saturated carbocycles. The minimum absolute atomic E-state index is 0.0379. The molecule has 102 valence electrons. The molecule has 0 aliphatic carbocycles. The van der Waals surface area contributed by atoms with Crippen LogP contribution in [0.1, 0.15) is 27.7 Å². The first-order valence-corrected chi connectivity index (χ1v) is 6.91.